The average Bonchev–Trinajstić information content (AvgIpc) is 3.75. The number of nitrogens with zero attached hydrogens (tertiary/aromatic N) is 6. The lowest BCUT2D eigenvalue weighted by atomic mass is 9.92. The van der Waals surface area contributed by atoms with Crippen LogP contribution in [0, 0.1) is 23.2 Å². The molecule has 1 amide bonds. The van der Waals surface area contributed by atoms with Gasteiger partial charge in [0.1, 0.15) is 11.5 Å². The highest BCUT2D eigenvalue weighted by molar-refractivity contribution is 8.00. The predicted octanol–water partition coefficient (Wildman–Crippen LogP) is 2.97. The third-order valence-corrected chi connectivity index (χ3v) is 8.63. The first kappa shape index (κ1) is 28.4. The number of pyridine rings is 1. The summed E-state index contributed by atoms with van der Waals surface area (Å²) in [5.74, 6) is 5.70. The van der Waals surface area contributed by atoms with Crippen molar-refractivity contribution in [3.63, 3.8) is 0 Å². The van der Waals surface area contributed by atoms with Crippen molar-refractivity contribution in [3.05, 3.63) is 35.5 Å². The summed E-state index contributed by atoms with van der Waals surface area (Å²) in [6.07, 6.45) is 7.06. The molecule has 1 aliphatic carbocycles. The van der Waals surface area contributed by atoms with Crippen molar-refractivity contribution in [1.82, 2.24) is 24.8 Å². The quantitative estimate of drug-likeness (QED) is 0.370. The molecule has 0 bridgehead atoms. The molecular formula is C28H29F3N8O2S. The van der Waals surface area contributed by atoms with Crippen LogP contribution in [-0.4, -0.2) is 94.2 Å². The van der Waals surface area contributed by atoms with Gasteiger partial charge in [0, 0.05) is 25.2 Å². The molecule has 0 unspecified atom stereocenters. The highest BCUT2D eigenvalue weighted by Crippen LogP contribution is 2.41. The number of amides is 1. The molecule has 2 saturated heterocycles. The number of anilines is 1. The zero-order valence-corrected chi connectivity index (χ0v) is 23.5. The molecule has 4 aliphatic rings. The van der Waals surface area contributed by atoms with Gasteiger partial charge in [0.2, 0.25) is 0 Å². The number of hydrogen-bond acceptors (Lipinski definition) is 9. The Bertz CT molecular complexity index is 1520. The normalized spacial score (nSPS) is 20.7. The number of hydrazone groups is 1. The molecule has 0 aromatic carbocycles. The van der Waals surface area contributed by atoms with Gasteiger partial charge in [-0.25, -0.2) is 4.52 Å². The molecule has 0 radical (unpaired) electrons. The van der Waals surface area contributed by atoms with Crippen LogP contribution in [0.3, 0.4) is 0 Å². The zero-order chi connectivity index (χ0) is 29.3. The number of thioether (sulfide) groups is 1. The van der Waals surface area contributed by atoms with E-state index < -0.39 is 11.0 Å². The maximum Gasteiger partial charge on any atom is 0.446 e. The van der Waals surface area contributed by atoms with Crippen molar-refractivity contribution in [2.75, 3.05) is 44.7 Å². The van der Waals surface area contributed by atoms with Crippen LogP contribution >= 0.6 is 11.8 Å². The van der Waals surface area contributed by atoms with Crippen molar-refractivity contribution in [2.45, 2.75) is 53.7 Å². The number of carbonyl (C=O) groups excluding carboxylic acids is 1. The predicted molar refractivity (Wildman–Crippen MR) is 151 cm³/mol. The van der Waals surface area contributed by atoms with Crippen molar-refractivity contribution in [3.8, 4) is 17.9 Å². The van der Waals surface area contributed by atoms with Gasteiger partial charge < -0.3 is 15.4 Å². The average molecular weight is 599 g/mol. The van der Waals surface area contributed by atoms with Crippen molar-refractivity contribution in [1.29, 1.82) is 5.26 Å². The molecule has 42 heavy (non-hydrogen) atoms. The van der Waals surface area contributed by atoms with Gasteiger partial charge >= 0.3 is 5.51 Å². The van der Waals surface area contributed by atoms with Gasteiger partial charge in [0.05, 0.1) is 54.6 Å². The number of halogens is 3. The van der Waals surface area contributed by atoms with Crippen LogP contribution in [0.5, 0.6) is 0 Å². The molecular weight excluding hydrogens is 569 g/mol. The minimum absolute atomic E-state index is 0.0184. The first-order valence-electron chi connectivity index (χ1n) is 13.8. The van der Waals surface area contributed by atoms with Crippen molar-refractivity contribution < 1.29 is 22.7 Å². The Labute approximate surface area is 244 Å². The number of piperidine rings is 1. The third-order valence-electron chi connectivity index (χ3n) is 7.79. The Kier molecular flexibility index (Phi) is 7.79. The lowest BCUT2D eigenvalue weighted by Gasteiger charge is -2.47. The summed E-state index contributed by atoms with van der Waals surface area (Å²) >= 11 is -0.254. The van der Waals surface area contributed by atoms with Crippen molar-refractivity contribution in [2.24, 2.45) is 5.10 Å². The molecule has 10 nitrogen and oxygen atoms in total. The number of rotatable bonds is 7. The molecule has 3 aliphatic heterocycles. The first-order valence-corrected chi connectivity index (χ1v) is 14.6. The second-order valence-corrected chi connectivity index (χ2v) is 11.8. The smallest absolute Gasteiger partial charge is 0.375 e. The van der Waals surface area contributed by atoms with Gasteiger partial charge in [-0.1, -0.05) is 12.0 Å². The Morgan fingerprint density at radius 3 is 2.62 bits per heavy atom. The van der Waals surface area contributed by atoms with Gasteiger partial charge in [-0.3, -0.25) is 14.7 Å². The Morgan fingerprint density at radius 2 is 2.00 bits per heavy atom. The highest BCUT2D eigenvalue weighted by atomic mass is 32.2. The second-order valence-electron chi connectivity index (χ2n) is 10.7. The van der Waals surface area contributed by atoms with Gasteiger partial charge in [0.25, 0.3) is 5.91 Å². The Balaban J connectivity index is 1.14. The molecule has 2 N–H and O–H groups in total. The summed E-state index contributed by atoms with van der Waals surface area (Å²) in [6, 6.07) is 7.93. The number of nitrogens with one attached hydrogen (secondary N) is 2. The number of aromatic nitrogens is 2. The van der Waals surface area contributed by atoms with E-state index in [1.54, 1.807) is 24.3 Å². The van der Waals surface area contributed by atoms with E-state index in [1.165, 1.54) is 10.7 Å². The number of likely N-dealkylation sites (tertiary alicyclic amines) is 1. The van der Waals surface area contributed by atoms with Crippen LogP contribution in [0.4, 0.5) is 19.0 Å². The Hall–Kier alpha value is -3.72. The lowest BCUT2D eigenvalue weighted by Crippen LogP contribution is -2.63. The van der Waals surface area contributed by atoms with Gasteiger partial charge in [-0.2, -0.15) is 28.6 Å². The molecule has 6 rings (SSSR count). The van der Waals surface area contributed by atoms with Crippen molar-refractivity contribution >= 4 is 35.2 Å². The summed E-state index contributed by atoms with van der Waals surface area (Å²) in [4.78, 5) is 14.5. The summed E-state index contributed by atoms with van der Waals surface area (Å²) < 4.78 is 47.3. The zero-order valence-electron chi connectivity index (χ0n) is 22.7. The molecule has 5 heterocycles. The molecule has 2 aromatic heterocycles. The number of ether oxygens (including phenoxy) is 1. The van der Waals surface area contributed by atoms with E-state index in [2.05, 4.69) is 43.6 Å². The maximum atomic E-state index is 13.5. The van der Waals surface area contributed by atoms with Crippen LogP contribution in [0.25, 0.3) is 5.52 Å². The third kappa shape index (κ3) is 6.07. The fourth-order valence-electron chi connectivity index (χ4n) is 5.28. The van der Waals surface area contributed by atoms with E-state index in [0.29, 0.717) is 50.3 Å². The van der Waals surface area contributed by atoms with Crippen LogP contribution in [0.15, 0.2) is 39.8 Å². The topological polar surface area (TPSA) is 110 Å². The molecule has 0 spiro atoms. The number of carbonyl (C=O) groups is 1. The van der Waals surface area contributed by atoms with Gasteiger partial charge in [-0.05, 0) is 61.6 Å². The van der Waals surface area contributed by atoms with Crippen LogP contribution in [-0.2, 0) is 9.53 Å². The van der Waals surface area contributed by atoms with E-state index in [1.807, 2.05) is 5.01 Å². The molecule has 3 fully saturated rings. The summed E-state index contributed by atoms with van der Waals surface area (Å²) in [6.45, 7) is 2.75. The second kappa shape index (κ2) is 11.5. The molecule has 220 valence electrons. The van der Waals surface area contributed by atoms with E-state index in [-0.39, 0.29) is 46.4 Å². The summed E-state index contributed by atoms with van der Waals surface area (Å²) in [5.41, 5.74) is -4.39. The molecule has 0 atom stereocenters. The van der Waals surface area contributed by atoms with E-state index in [9.17, 15) is 23.2 Å². The monoisotopic (exact) mass is 598 g/mol. The maximum absolute atomic E-state index is 13.5. The van der Waals surface area contributed by atoms with E-state index in [4.69, 9.17) is 4.74 Å². The van der Waals surface area contributed by atoms with E-state index >= 15 is 0 Å². The highest BCUT2D eigenvalue weighted by Gasteiger charge is 2.45. The fraction of sp³-hybridized carbons (Fsp3) is 0.500. The van der Waals surface area contributed by atoms with Gasteiger partial charge in [0.15, 0.2) is 5.54 Å². The fourth-order valence-corrected chi connectivity index (χ4v) is 5.96. The standard InChI is InChI=1S/C28H29F3N8O2S/c29-28(30,31)42-25-22(3-2-11-33-26(40)19-8-14-38(34-15-19)21-6-7-21)36-39-23(25)4-1-5-24(39)35-20-9-12-37(13-10-20)27(16-32)17-41-18-27/h1,4-5,8,15,20-21,35H,6-7,9-14,17-18H2,(H,33,40). The SMILES string of the molecule is N#CC1(N2CCC(Nc3cccc4c(SC(F)(F)F)c(C#CCNC(=O)C5=CCN(C6CC6)N=C5)nn34)CC2)COC1. The van der Waals surface area contributed by atoms with E-state index in [0.717, 1.165) is 25.7 Å². The van der Waals surface area contributed by atoms with Crippen LogP contribution in [0.1, 0.15) is 31.4 Å². The first-order chi connectivity index (χ1) is 20.2. The number of alkyl halides is 3. The number of fused-ring (bicyclic) bond motifs is 1. The largest absolute Gasteiger partial charge is 0.446 e. The molecule has 1 saturated carbocycles. The number of hydrogen-bond donors (Lipinski definition) is 2. The summed E-state index contributed by atoms with van der Waals surface area (Å²) in [7, 11) is 0. The van der Waals surface area contributed by atoms with Gasteiger partial charge in [-0.15, -0.1) is 0 Å². The van der Waals surface area contributed by atoms with Crippen LogP contribution in [0.2, 0.25) is 0 Å². The minimum atomic E-state index is -4.53. The van der Waals surface area contributed by atoms with Crippen LogP contribution < -0.4 is 10.6 Å². The number of nitriles is 1. The molecule has 2 aromatic rings. The lowest BCUT2D eigenvalue weighted by molar-refractivity contribution is -0.116. The molecule has 14 heteroatoms. The minimum Gasteiger partial charge on any atom is -0.375 e. The Morgan fingerprint density at radius 1 is 1.21 bits per heavy atom. The summed E-state index contributed by atoms with van der Waals surface area (Å²) in [5, 5.41) is 26.4.